The van der Waals surface area contributed by atoms with Crippen LogP contribution in [0.5, 0.6) is 0 Å². The van der Waals surface area contributed by atoms with E-state index in [9.17, 15) is 0 Å². The molecule has 19 heavy (non-hydrogen) atoms. The third-order valence-corrected chi connectivity index (χ3v) is 3.12. The second-order valence-corrected chi connectivity index (χ2v) is 4.60. The van der Waals surface area contributed by atoms with Gasteiger partial charge in [-0.3, -0.25) is 4.98 Å². The summed E-state index contributed by atoms with van der Waals surface area (Å²) in [5, 5.41) is 3.85. The molecular formula is C14H17ClN4. The molecule has 0 fully saturated rings. The van der Waals surface area contributed by atoms with Crippen molar-refractivity contribution >= 4 is 17.4 Å². The monoisotopic (exact) mass is 276 g/mol. The normalized spacial score (nSPS) is 10.4. The summed E-state index contributed by atoms with van der Waals surface area (Å²) in [6, 6.07) is 5.93. The van der Waals surface area contributed by atoms with Gasteiger partial charge in [0.2, 0.25) is 0 Å². The lowest BCUT2D eigenvalue weighted by Crippen LogP contribution is -2.10. The highest BCUT2D eigenvalue weighted by atomic mass is 35.5. The molecule has 5 heteroatoms. The summed E-state index contributed by atoms with van der Waals surface area (Å²) < 4.78 is 0. The number of nitrogens with one attached hydrogen (secondary N) is 1. The van der Waals surface area contributed by atoms with Gasteiger partial charge in [-0.2, -0.15) is 0 Å². The van der Waals surface area contributed by atoms with E-state index >= 15 is 0 Å². The Bertz CT molecular complexity index is 516. The van der Waals surface area contributed by atoms with Gasteiger partial charge in [0.25, 0.3) is 0 Å². The van der Waals surface area contributed by atoms with Crippen molar-refractivity contribution in [3.8, 4) is 0 Å². The quantitative estimate of drug-likeness (QED) is 0.824. The number of rotatable bonds is 6. The van der Waals surface area contributed by atoms with Crippen LogP contribution in [0.4, 0.5) is 5.82 Å². The fourth-order valence-electron chi connectivity index (χ4n) is 1.87. The Kier molecular flexibility index (Phi) is 5.10. The minimum Gasteiger partial charge on any atom is -0.369 e. The van der Waals surface area contributed by atoms with Crippen LogP contribution in [0.25, 0.3) is 0 Å². The summed E-state index contributed by atoms with van der Waals surface area (Å²) in [6.07, 6.45) is 6.05. The molecule has 0 saturated carbocycles. The molecule has 0 spiro atoms. The topological polar surface area (TPSA) is 50.7 Å². The highest BCUT2D eigenvalue weighted by molar-refractivity contribution is 6.30. The first kappa shape index (κ1) is 13.7. The van der Waals surface area contributed by atoms with Gasteiger partial charge in [-0.1, -0.05) is 31.0 Å². The van der Waals surface area contributed by atoms with Crippen LogP contribution in [0.15, 0.2) is 30.7 Å². The van der Waals surface area contributed by atoms with E-state index in [1.165, 1.54) is 6.33 Å². The van der Waals surface area contributed by atoms with Crippen molar-refractivity contribution in [2.45, 2.75) is 26.2 Å². The Hall–Kier alpha value is -1.68. The highest BCUT2D eigenvalue weighted by Gasteiger charge is 2.08. The fourth-order valence-corrected chi connectivity index (χ4v) is 2.10. The minimum absolute atomic E-state index is 0.539. The van der Waals surface area contributed by atoms with E-state index in [4.69, 9.17) is 11.6 Å². The van der Waals surface area contributed by atoms with Gasteiger partial charge in [0.15, 0.2) is 0 Å². The van der Waals surface area contributed by atoms with Gasteiger partial charge in [-0.25, -0.2) is 9.97 Å². The SMILES string of the molecule is CCCc1c(Cl)ncnc1NCCc1ccccn1. The van der Waals surface area contributed by atoms with E-state index < -0.39 is 0 Å². The summed E-state index contributed by atoms with van der Waals surface area (Å²) >= 11 is 6.10. The average Bonchev–Trinajstić information content (AvgIpc) is 2.44. The lowest BCUT2D eigenvalue weighted by atomic mass is 10.2. The van der Waals surface area contributed by atoms with Crippen LogP contribution in [0.2, 0.25) is 5.15 Å². The Balaban J connectivity index is 1.97. The molecule has 0 unspecified atom stereocenters. The van der Waals surface area contributed by atoms with E-state index in [1.807, 2.05) is 18.2 Å². The third-order valence-electron chi connectivity index (χ3n) is 2.79. The first-order chi connectivity index (χ1) is 9.31. The molecular weight excluding hydrogens is 260 g/mol. The smallest absolute Gasteiger partial charge is 0.137 e. The molecule has 0 aromatic carbocycles. The van der Waals surface area contributed by atoms with Crippen LogP contribution in [-0.2, 0) is 12.8 Å². The number of aromatic nitrogens is 3. The number of anilines is 1. The highest BCUT2D eigenvalue weighted by Crippen LogP contribution is 2.21. The zero-order valence-corrected chi connectivity index (χ0v) is 11.7. The van der Waals surface area contributed by atoms with Crippen LogP contribution in [0.3, 0.4) is 0 Å². The molecule has 100 valence electrons. The maximum absolute atomic E-state index is 6.10. The van der Waals surface area contributed by atoms with Crippen molar-refractivity contribution in [1.29, 1.82) is 0 Å². The second-order valence-electron chi connectivity index (χ2n) is 4.24. The number of hydrogen-bond donors (Lipinski definition) is 1. The number of halogens is 1. The molecule has 1 N–H and O–H groups in total. The molecule has 0 atom stereocenters. The van der Waals surface area contributed by atoms with Crippen LogP contribution >= 0.6 is 11.6 Å². The maximum Gasteiger partial charge on any atom is 0.137 e. The van der Waals surface area contributed by atoms with Crippen LogP contribution < -0.4 is 5.32 Å². The summed E-state index contributed by atoms with van der Waals surface area (Å²) in [7, 11) is 0. The largest absolute Gasteiger partial charge is 0.369 e. The predicted molar refractivity (Wildman–Crippen MR) is 77.5 cm³/mol. The first-order valence-corrected chi connectivity index (χ1v) is 6.82. The van der Waals surface area contributed by atoms with Gasteiger partial charge in [0.05, 0.1) is 0 Å². The van der Waals surface area contributed by atoms with Crippen LogP contribution in [0.1, 0.15) is 24.6 Å². The first-order valence-electron chi connectivity index (χ1n) is 6.44. The van der Waals surface area contributed by atoms with Crippen LogP contribution in [-0.4, -0.2) is 21.5 Å². The molecule has 0 aliphatic heterocycles. The van der Waals surface area contributed by atoms with E-state index in [2.05, 4.69) is 27.2 Å². The zero-order chi connectivity index (χ0) is 13.5. The van der Waals surface area contributed by atoms with Crippen molar-refractivity contribution in [2.75, 3.05) is 11.9 Å². The van der Waals surface area contributed by atoms with Gasteiger partial charge < -0.3 is 5.32 Å². The van der Waals surface area contributed by atoms with Crippen LogP contribution in [0, 0.1) is 0 Å². The molecule has 0 saturated heterocycles. The molecule has 0 aliphatic rings. The molecule has 2 rings (SSSR count). The van der Waals surface area contributed by atoms with Crippen molar-refractivity contribution in [1.82, 2.24) is 15.0 Å². The fraction of sp³-hybridized carbons (Fsp3) is 0.357. The molecule has 4 nitrogen and oxygen atoms in total. The molecule has 2 heterocycles. The molecule has 0 aliphatic carbocycles. The van der Waals surface area contributed by atoms with Gasteiger partial charge in [0.1, 0.15) is 17.3 Å². The van der Waals surface area contributed by atoms with Gasteiger partial charge in [0, 0.05) is 30.4 Å². The van der Waals surface area contributed by atoms with Gasteiger partial charge in [-0.15, -0.1) is 0 Å². The van der Waals surface area contributed by atoms with Gasteiger partial charge in [-0.05, 0) is 18.6 Å². The Morgan fingerprint density at radius 1 is 1.16 bits per heavy atom. The van der Waals surface area contributed by atoms with Crippen molar-refractivity contribution in [3.63, 3.8) is 0 Å². The Labute approximate surface area is 118 Å². The summed E-state index contributed by atoms with van der Waals surface area (Å²) in [5.41, 5.74) is 2.06. The summed E-state index contributed by atoms with van der Waals surface area (Å²) in [5.74, 6) is 0.831. The minimum atomic E-state index is 0.539. The lowest BCUT2D eigenvalue weighted by Gasteiger charge is -2.10. The van der Waals surface area contributed by atoms with E-state index in [-0.39, 0.29) is 0 Å². The lowest BCUT2D eigenvalue weighted by molar-refractivity contribution is 0.889. The van der Waals surface area contributed by atoms with E-state index in [1.54, 1.807) is 6.20 Å². The molecule has 2 aromatic rings. The second kappa shape index (κ2) is 7.04. The predicted octanol–water partition coefficient (Wildman–Crippen LogP) is 3.13. The number of nitrogens with zero attached hydrogens (tertiary/aromatic N) is 3. The molecule has 0 radical (unpaired) electrons. The average molecular weight is 277 g/mol. The van der Waals surface area contributed by atoms with Crippen molar-refractivity contribution in [2.24, 2.45) is 0 Å². The van der Waals surface area contributed by atoms with Crippen molar-refractivity contribution < 1.29 is 0 Å². The summed E-state index contributed by atoms with van der Waals surface area (Å²) in [4.78, 5) is 12.6. The van der Waals surface area contributed by atoms with Crippen molar-refractivity contribution in [3.05, 3.63) is 47.1 Å². The number of hydrogen-bond acceptors (Lipinski definition) is 4. The standard InChI is InChI=1S/C14H17ClN4/c1-2-5-12-13(15)18-10-19-14(12)17-9-7-11-6-3-4-8-16-11/h3-4,6,8,10H,2,5,7,9H2,1H3,(H,17,18,19). The van der Waals surface area contributed by atoms with Gasteiger partial charge >= 0.3 is 0 Å². The maximum atomic E-state index is 6.10. The Morgan fingerprint density at radius 3 is 2.79 bits per heavy atom. The molecule has 0 amide bonds. The van der Waals surface area contributed by atoms with E-state index in [0.717, 1.165) is 42.9 Å². The third kappa shape index (κ3) is 3.89. The summed E-state index contributed by atoms with van der Waals surface area (Å²) in [6.45, 7) is 2.89. The van der Waals surface area contributed by atoms with E-state index in [0.29, 0.717) is 5.15 Å². The zero-order valence-electron chi connectivity index (χ0n) is 10.9. The molecule has 2 aromatic heterocycles. The Morgan fingerprint density at radius 2 is 2.05 bits per heavy atom. The number of pyridine rings is 1. The molecule has 0 bridgehead atoms.